The number of hydrogen-bond donors (Lipinski definition) is 4. The van der Waals surface area contributed by atoms with Crippen molar-refractivity contribution in [2.45, 2.75) is 47.1 Å². The number of hydrogen-bond acceptors (Lipinski definition) is 4. The maximum Gasteiger partial charge on any atom is 0.251 e. The van der Waals surface area contributed by atoms with E-state index in [0.717, 1.165) is 6.42 Å². The quantitative estimate of drug-likeness (QED) is 0.509. The summed E-state index contributed by atoms with van der Waals surface area (Å²) in [7, 11) is 0. The Bertz CT molecular complexity index is 934. The van der Waals surface area contributed by atoms with Crippen molar-refractivity contribution in [3.8, 4) is 0 Å². The number of rotatable bonds is 8. The third-order valence-corrected chi connectivity index (χ3v) is 4.65. The molecule has 0 spiro atoms. The van der Waals surface area contributed by atoms with Gasteiger partial charge in [0, 0.05) is 34.1 Å². The Morgan fingerprint density at radius 1 is 0.903 bits per heavy atom. The van der Waals surface area contributed by atoms with Gasteiger partial charge in [-0.15, -0.1) is 0 Å². The molecule has 4 N–H and O–H groups in total. The van der Waals surface area contributed by atoms with E-state index in [4.69, 9.17) is 0 Å². The average Bonchev–Trinajstić information content (AvgIpc) is 2.72. The molecule has 3 amide bonds. The molecule has 0 aliphatic carbocycles. The van der Waals surface area contributed by atoms with Crippen molar-refractivity contribution in [1.29, 1.82) is 0 Å². The Labute approximate surface area is 184 Å². The Morgan fingerprint density at radius 3 is 2.16 bits per heavy atom. The standard InChI is InChI=1S/C24H32N4O3/c1-6-16(2)26-22(30)17-9-7-10-18(13-17)25-15-21(29)27-19-11-8-12-20(14-19)28-23(31)24(3,4)5/h7-14,16,25H,6,15H2,1-5H3,(H,26,30)(H,27,29)(H,28,31). The Morgan fingerprint density at radius 2 is 1.52 bits per heavy atom. The van der Waals surface area contributed by atoms with Crippen molar-refractivity contribution in [3.05, 3.63) is 54.1 Å². The van der Waals surface area contributed by atoms with Gasteiger partial charge < -0.3 is 21.3 Å². The van der Waals surface area contributed by atoms with E-state index in [9.17, 15) is 14.4 Å². The zero-order valence-corrected chi connectivity index (χ0v) is 18.8. The van der Waals surface area contributed by atoms with E-state index < -0.39 is 5.41 Å². The summed E-state index contributed by atoms with van der Waals surface area (Å²) in [6.45, 7) is 9.51. The molecule has 0 radical (unpaired) electrons. The number of anilines is 3. The van der Waals surface area contributed by atoms with Crippen LogP contribution in [0.2, 0.25) is 0 Å². The lowest BCUT2D eigenvalue weighted by Gasteiger charge is -2.18. The highest BCUT2D eigenvalue weighted by molar-refractivity contribution is 5.98. The first-order valence-corrected chi connectivity index (χ1v) is 10.4. The number of nitrogens with one attached hydrogen (secondary N) is 4. The molecule has 1 atom stereocenters. The van der Waals surface area contributed by atoms with Crippen molar-refractivity contribution < 1.29 is 14.4 Å². The van der Waals surface area contributed by atoms with Crippen LogP contribution in [0.3, 0.4) is 0 Å². The van der Waals surface area contributed by atoms with Crippen molar-refractivity contribution in [3.63, 3.8) is 0 Å². The fraction of sp³-hybridized carbons (Fsp3) is 0.375. The highest BCUT2D eigenvalue weighted by Gasteiger charge is 2.21. The van der Waals surface area contributed by atoms with Crippen LogP contribution in [0.15, 0.2) is 48.5 Å². The van der Waals surface area contributed by atoms with E-state index in [1.807, 2.05) is 34.6 Å². The van der Waals surface area contributed by atoms with Gasteiger partial charge in [-0.25, -0.2) is 0 Å². The molecule has 31 heavy (non-hydrogen) atoms. The monoisotopic (exact) mass is 424 g/mol. The number of carbonyl (C=O) groups is 3. The van der Waals surface area contributed by atoms with Gasteiger partial charge in [-0.1, -0.05) is 39.8 Å². The SMILES string of the molecule is CCC(C)NC(=O)c1cccc(NCC(=O)Nc2cccc(NC(=O)C(C)(C)C)c2)c1. The molecular weight excluding hydrogens is 392 g/mol. The molecule has 0 aliphatic heterocycles. The summed E-state index contributed by atoms with van der Waals surface area (Å²) in [5.74, 6) is -0.486. The molecule has 166 valence electrons. The van der Waals surface area contributed by atoms with Crippen LogP contribution in [0.25, 0.3) is 0 Å². The second-order valence-corrected chi connectivity index (χ2v) is 8.55. The lowest BCUT2D eigenvalue weighted by atomic mass is 9.95. The Hall–Kier alpha value is -3.35. The van der Waals surface area contributed by atoms with Crippen LogP contribution in [0.1, 0.15) is 51.4 Å². The normalized spacial score (nSPS) is 11.9. The molecule has 2 aromatic rings. The summed E-state index contributed by atoms with van der Waals surface area (Å²) < 4.78 is 0. The van der Waals surface area contributed by atoms with Crippen LogP contribution < -0.4 is 21.3 Å². The number of amides is 3. The van der Waals surface area contributed by atoms with Crippen molar-refractivity contribution in [1.82, 2.24) is 5.32 Å². The molecule has 0 aromatic heterocycles. The highest BCUT2D eigenvalue weighted by atomic mass is 16.2. The summed E-state index contributed by atoms with van der Waals surface area (Å²) in [4.78, 5) is 36.8. The first kappa shape index (κ1) is 23.9. The lowest BCUT2D eigenvalue weighted by Crippen LogP contribution is -2.31. The molecule has 0 saturated carbocycles. The summed E-state index contributed by atoms with van der Waals surface area (Å²) in [6.07, 6.45) is 0.852. The third-order valence-electron chi connectivity index (χ3n) is 4.65. The minimum atomic E-state index is -0.511. The van der Waals surface area contributed by atoms with E-state index in [2.05, 4.69) is 21.3 Å². The van der Waals surface area contributed by atoms with E-state index in [-0.39, 0.29) is 30.3 Å². The van der Waals surface area contributed by atoms with Gasteiger partial charge in [0.25, 0.3) is 5.91 Å². The van der Waals surface area contributed by atoms with Crippen molar-refractivity contribution in [2.24, 2.45) is 5.41 Å². The summed E-state index contributed by atoms with van der Waals surface area (Å²) in [5.41, 5.74) is 1.90. The summed E-state index contributed by atoms with van der Waals surface area (Å²) >= 11 is 0. The molecular formula is C24H32N4O3. The first-order valence-electron chi connectivity index (χ1n) is 10.4. The zero-order valence-electron chi connectivity index (χ0n) is 18.8. The first-order chi connectivity index (χ1) is 14.6. The van der Waals surface area contributed by atoms with Crippen LogP contribution in [-0.2, 0) is 9.59 Å². The van der Waals surface area contributed by atoms with E-state index >= 15 is 0 Å². The minimum Gasteiger partial charge on any atom is -0.376 e. The van der Waals surface area contributed by atoms with E-state index in [1.165, 1.54) is 0 Å². The van der Waals surface area contributed by atoms with Crippen LogP contribution in [0, 0.1) is 5.41 Å². The molecule has 2 rings (SSSR count). The maximum absolute atomic E-state index is 12.3. The topological polar surface area (TPSA) is 99.3 Å². The molecule has 0 aliphatic rings. The smallest absolute Gasteiger partial charge is 0.251 e. The average molecular weight is 425 g/mol. The summed E-state index contributed by atoms with van der Waals surface area (Å²) in [6, 6.07) is 14.1. The Kier molecular flexibility index (Phi) is 8.19. The number of carbonyl (C=O) groups excluding carboxylic acids is 3. The minimum absolute atomic E-state index is 0.0367. The summed E-state index contributed by atoms with van der Waals surface area (Å²) in [5, 5.41) is 11.6. The van der Waals surface area contributed by atoms with Gasteiger partial charge in [0.2, 0.25) is 11.8 Å². The fourth-order valence-electron chi connectivity index (χ4n) is 2.56. The Balaban J connectivity index is 1.93. The molecule has 7 nitrogen and oxygen atoms in total. The van der Waals surface area contributed by atoms with Gasteiger partial charge in [0.05, 0.1) is 6.54 Å². The van der Waals surface area contributed by atoms with Gasteiger partial charge in [-0.2, -0.15) is 0 Å². The van der Waals surface area contributed by atoms with Crippen LogP contribution in [-0.4, -0.2) is 30.3 Å². The van der Waals surface area contributed by atoms with Crippen LogP contribution >= 0.6 is 0 Å². The van der Waals surface area contributed by atoms with E-state index in [0.29, 0.717) is 22.6 Å². The van der Waals surface area contributed by atoms with Gasteiger partial charge in [-0.3, -0.25) is 14.4 Å². The van der Waals surface area contributed by atoms with Gasteiger partial charge in [-0.05, 0) is 49.7 Å². The molecule has 0 fully saturated rings. The fourth-order valence-corrected chi connectivity index (χ4v) is 2.56. The third kappa shape index (κ3) is 7.77. The van der Waals surface area contributed by atoms with Gasteiger partial charge in [0.15, 0.2) is 0 Å². The molecule has 0 heterocycles. The second-order valence-electron chi connectivity index (χ2n) is 8.55. The highest BCUT2D eigenvalue weighted by Crippen LogP contribution is 2.20. The van der Waals surface area contributed by atoms with Gasteiger partial charge in [0.1, 0.15) is 0 Å². The van der Waals surface area contributed by atoms with Crippen molar-refractivity contribution in [2.75, 3.05) is 22.5 Å². The molecule has 0 saturated heterocycles. The van der Waals surface area contributed by atoms with Crippen LogP contribution in [0.5, 0.6) is 0 Å². The van der Waals surface area contributed by atoms with Crippen molar-refractivity contribution >= 4 is 34.8 Å². The largest absolute Gasteiger partial charge is 0.376 e. The predicted octanol–water partition coefficient (Wildman–Crippen LogP) is 4.25. The molecule has 2 aromatic carbocycles. The molecule has 0 bridgehead atoms. The maximum atomic E-state index is 12.3. The second kappa shape index (κ2) is 10.6. The van der Waals surface area contributed by atoms with Crippen LogP contribution in [0.4, 0.5) is 17.1 Å². The van der Waals surface area contributed by atoms with E-state index in [1.54, 1.807) is 48.5 Å². The zero-order chi connectivity index (χ0) is 23.0. The molecule has 1 unspecified atom stereocenters. The lowest BCUT2D eigenvalue weighted by molar-refractivity contribution is -0.123. The number of benzene rings is 2. The molecule has 7 heteroatoms. The predicted molar refractivity (Wildman–Crippen MR) is 125 cm³/mol. The van der Waals surface area contributed by atoms with Gasteiger partial charge >= 0.3 is 0 Å².